The van der Waals surface area contributed by atoms with Crippen molar-refractivity contribution in [3.63, 3.8) is 0 Å². The number of carbonyl (C=O) groups excluding carboxylic acids is 1. The Labute approximate surface area is 74.1 Å². The predicted molar refractivity (Wildman–Crippen MR) is 49.0 cm³/mol. The Morgan fingerprint density at radius 3 is 2.08 bits per heavy atom. The fourth-order valence-corrected chi connectivity index (χ4v) is 2.17. The highest BCUT2D eigenvalue weighted by atomic mass is 16.2. The fraction of sp³-hybridized carbons (Fsp3) is 0.889. The molecule has 0 aliphatic carbocycles. The molecule has 2 amide bonds. The highest BCUT2D eigenvalue weighted by Gasteiger charge is 2.41. The first kappa shape index (κ1) is 9.36. The second-order valence-corrected chi connectivity index (χ2v) is 4.66. The Bertz CT molecular complexity index is 195. The molecular weight excluding hydrogens is 152 g/mol. The zero-order valence-corrected chi connectivity index (χ0v) is 8.51. The van der Waals surface area contributed by atoms with E-state index in [1.807, 2.05) is 7.05 Å². The number of hydrogen-bond acceptors (Lipinski definition) is 1. The third-order valence-corrected chi connectivity index (χ3v) is 2.45. The predicted octanol–water partition coefficient (Wildman–Crippen LogP) is 1.44. The van der Waals surface area contributed by atoms with Crippen LogP contribution in [-0.4, -0.2) is 30.1 Å². The minimum absolute atomic E-state index is 0.0439. The number of amides is 2. The number of carbonyl (C=O) groups is 1. The molecule has 1 rings (SSSR count). The molecule has 1 fully saturated rings. The highest BCUT2D eigenvalue weighted by Crippen LogP contribution is 2.29. The van der Waals surface area contributed by atoms with Crippen LogP contribution in [0, 0.1) is 5.41 Å². The lowest BCUT2D eigenvalue weighted by molar-refractivity contribution is 0.162. The lowest BCUT2D eigenvalue weighted by Gasteiger charge is -2.33. The lowest BCUT2D eigenvalue weighted by Crippen LogP contribution is -2.43. The van der Waals surface area contributed by atoms with E-state index in [0.29, 0.717) is 6.04 Å². The molecule has 3 nitrogen and oxygen atoms in total. The second kappa shape index (κ2) is 2.64. The van der Waals surface area contributed by atoms with Gasteiger partial charge in [-0.15, -0.1) is 0 Å². The third kappa shape index (κ3) is 1.40. The summed E-state index contributed by atoms with van der Waals surface area (Å²) in [6.45, 7) is 8.53. The van der Waals surface area contributed by atoms with Gasteiger partial charge in [0.2, 0.25) is 0 Å². The van der Waals surface area contributed by atoms with E-state index in [9.17, 15) is 4.79 Å². The van der Waals surface area contributed by atoms with Crippen LogP contribution >= 0.6 is 0 Å². The number of likely N-dealkylation sites (N-methyl/N-ethyl adjacent to an activating group) is 1. The van der Waals surface area contributed by atoms with E-state index in [2.05, 4.69) is 33.0 Å². The maximum absolute atomic E-state index is 11.3. The van der Waals surface area contributed by atoms with E-state index in [1.54, 1.807) is 4.90 Å². The highest BCUT2D eigenvalue weighted by molar-refractivity contribution is 5.77. The standard InChI is InChI=1S/C9H18N2O/c1-6-7(9(2,3)4)11(5)8(12)10-6/h6-7H,1-5H3,(H,10,12)/t6-,7?/m1/s1. The molecule has 0 radical (unpaired) electrons. The summed E-state index contributed by atoms with van der Waals surface area (Å²) in [6.07, 6.45) is 0. The summed E-state index contributed by atoms with van der Waals surface area (Å²) in [7, 11) is 1.86. The summed E-state index contributed by atoms with van der Waals surface area (Å²) in [4.78, 5) is 13.1. The van der Waals surface area contributed by atoms with Gasteiger partial charge in [-0.25, -0.2) is 4.79 Å². The first-order valence-corrected chi connectivity index (χ1v) is 4.37. The fourth-order valence-electron chi connectivity index (χ4n) is 2.17. The van der Waals surface area contributed by atoms with Crippen LogP contribution in [0.5, 0.6) is 0 Å². The molecule has 2 atom stereocenters. The molecule has 70 valence electrons. The minimum Gasteiger partial charge on any atom is -0.333 e. The number of nitrogens with one attached hydrogen (secondary N) is 1. The van der Waals surface area contributed by atoms with Crippen molar-refractivity contribution in [3.8, 4) is 0 Å². The molecule has 0 spiro atoms. The van der Waals surface area contributed by atoms with Crippen LogP contribution in [0.2, 0.25) is 0 Å². The molecule has 1 aliphatic heterocycles. The van der Waals surface area contributed by atoms with Crippen LogP contribution in [0.3, 0.4) is 0 Å². The van der Waals surface area contributed by atoms with Crippen molar-refractivity contribution in [2.45, 2.75) is 39.8 Å². The first-order valence-electron chi connectivity index (χ1n) is 4.37. The zero-order valence-electron chi connectivity index (χ0n) is 8.51. The number of rotatable bonds is 0. The van der Waals surface area contributed by atoms with Crippen molar-refractivity contribution in [3.05, 3.63) is 0 Å². The summed E-state index contributed by atoms with van der Waals surface area (Å²) in [5, 5.41) is 2.91. The molecule has 1 saturated heterocycles. The smallest absolute Gasteiger partial charge is 0.317 e. The van der Waals surface area contributed by atoms with E-state index in [4.69, 9.17) is 0 Å². The maximum Gasteiger partial charge on any atom is 0.317 e. The van der Waals surface area contributed by atoms with Gasteiger partial charge in [0.25, 0.3) is 0 Å². The van der Waals surface area contributed by atoms with Crippen molar-refractivity contribution >= 4 is 6.03 Å². The van der Waals surface area contributed by atoms with Crippen LogP contribution in [0.25, 0.3) is 0 Å². The average Bonchev–Trinajstić information content (AvgIpc) is 2.05. The molecule has 1 heterocycles. The number of nitrogens with zero attached hydrogens (tertiary/aromatic N) is 1. The molecule has 1 aliphatic rings. The second-order valence-electron chi connectivity index (χ2n) is 4.66. The van der Waals surface area contributed by atoms with E-state index in [-0.39, 0.29) is 17.5 Å². The molecular formula is C9H18N2O. The zero-order chi connectivity index (χ0) is 9.52. The van der Waals surface area contributed by atoms with Gasteiger partial charge in [0.05, 0.1) is 6.04 Å². The molecule has 0 aromatic rings. The largest absolute Gasteiger partial charge is 0.333 e. The average molecular weight is 170 g/mol. The first-order chi connectivity index (χ1) is 5.34. The number of urea groups is 1. The summed E-state index contributed by atoms with van der Waals surface area (Å²) in [5.74, 6) is 0. The van der Waals surface area contributed by atoms with E-state index in [0.717, 1.165) is 0 Å². The van der Waals surface area contributed by atoms with Gasteiger partial charge in [-0.2, -0.15) is 0 Å². The van der Waals surface area contributed by atoms with Crippen LogP contribution < -0.4 is 5.32 Å². The molecule has 3 heteroatoms. The maximum atomic E-state index is 11.3. The monoisotopic (exact) mass is 170 g/mol. The molecule has 1 N–H and O–H groups in total. The molecule has 1 unspecified atom stereocenters. The summed E-state index contributed by atoms with van der Waals surface area (Å²) in [6, 6.07) is 0.593. The van der Waals surface area contributed by atoms with Gasteiger partial charge < -0.3 is 10.2 Å². The topological polar surface area (TPSA) is 32.3 Å². The van der Waals surface area contributed by atoms with Gasteiger partial charge in [0, 0.05) is 13.1 Å². The normalized spacial score (nSPS) is 30.8. The van der Waals surface area contributed by atoms with Crippen molar-refractivity contribution in [2.75, 3.05) is 7.05 Å². The molecule has 0 aromatic carbocycles. The van der Waals surface area contributed by atoms with Crippen LogP contribution in [0.15, 0.2) is 0 Å². The van der Waals surface area contributed by atoms with Gasteiger partial charge in [-0.05, 0) is 12.3 Å². The van der Waals surface area contributed by atoms with Gasteiger partial charge in [0.1, 0.15) is 0 Å². The lowest BCUT2D eigenvalue weighted by atomic mass is 9.83. The third-order valence-electron chi connectivity index (χ3n) is 2.45. The quantitative estimate of drug-likeness (QED) is 0.586. The van der Waals surface area contributed by atoms with Gasteiger partial charge in [-0.1, -0.05) is 20.8 Å². The van der Waals surface area contributed by atoms with Crippen molar-refractivity contribution < 1.29 is 4.79 Å². The van der Waals surface area contributed by atoms with Crippen molar-refractivity contribution in [1.82, 2.24) is 10.2 Å². The Balaban J connectivity index is 2.84. The van der Waals surface area contributed by atoms with E-state index >= 15 is 0 Å². The van der Waals surface area contributed by atoms with Gasteiger partial charge in [-0.3, -0.25) is 0 Å². The molecule has 0 saturated carbocycles. The van der Waals surface area contributed by atoms with E-state index < -0.39 is 0 Å². The molecule has 0 aromatic heterocycles. The van der Waals surface area contributed by atoms with Crippen LogP contribution in [-0.2, 0) is 0 Å². The summed E-state index contributed by atoms with van der Waals surface area (Å²) >= 11 is 0. The van der Waals surface area contributed by atoms with Crippen LogP contribution in [0.4, 0.5) is 4.79 Å². The Morgan fingerprint density at radius 2 is 1.92 bits per heavy atom. The Morgan fingerprint density at radius 1 is 1.42 bits per heavy atom. The summed E-state index contributed by atoms with van der Waals surface area (Å²) < 4.78 is 0. The molecule has 12 heavy (non-hydrogen) atoms. The van der Waals surface area contributed by atoms with Gasteiger partial charge in [0.15, 0.2) is 0 Å². The van der Waals surface area contributed by atoms with Crippen molar-refractivity contribution in [1.29, 1.82) is 0 Å². The van der Waals surface area contributed by atoms with Crippen LogP contribution in [0.1, 0.15) is 27.7 Å². The SMILES string of the molecule is C[C@H]1NC(=O)N(C)C1C(C)(C)C. The Kier molecular flexibility index (Phi) is 2.06. The van der Waals surface area contributed by atoms with Crippen molar-refractivity contribution in [2.24, 2.45) is 5.41 Å². The van der Waals surface area contributed by atoms with Gasteiger partial charge >= 0.3 is 6.03 Å². The summed E-state index contributed by atoms with van der Waals surface area (Å²) in [5.41, 5.74) is 0.146. The minimum atomic E-state index is 0.0439. The number of hydrogen-bond donors (Lipinski definition) is 1. The molecule has 0 bridgehead atoms. The Hall–Kier alpha value is -0.730. The van der Waals surface area contributed by atoms with E-state index in [1.165, 1.54) is 0 Å².